The van der Waals surface area contributed by atoms with Crippen molar-refractivity contribution in [3.8, 4) is 0 Å². The van der Waals surface area contributed by atoms with E-state index >= 15 is 0 Å². The maximum Gasteiger partial charge on any atom is 0.252 e. The first kappa shape index (κ1) is 14.0. The van der Waals surface area contributed by atoms with Crippen molar-refractivity contribution in [1.82, 2.24) is 4.90 Å². The van der Waals surface area contributed by atoms with Crippen LogP contribution in [0.15, 0.2) is 30.3 Å². The largest absolute Gasteiger partial charge is 0.368 e. The summed E-state index contributed by atoms with van der Waals surface area (Å²) >= 11 is 0. The average molecular weight is 262 g/mol. The summed E-state index contributed by atoms with van der Waals surface area (Å²) in [4.78, 5) is 14.3. The summed E-state index contributed by atoms with van der Waals surface area (Å²) in [5, 5.41) is 0. The Bertz CT molecular complexity index is 408. The maximum absolute atomic E-state index is 12.5. The predicted octanol–water partition coefficient (Wildman–Crippen LogP) is 1.40. The second kappa shape index (κ2) is 6.68. The number of benzene rings is 1. The van der Waals surface area contributed by atoms with Crippen LogP contribution in [0.4, 0.5) is 0 Å². The number of amides is 1. The van der Waals surface area contributed by atoms with Crippen molar-refractivity contribution in [3.05, 3.63) is 35.9 Å². The molecule has 1 heterocycles. The van der Waals surface area contributed by atoms with E-state index in [9.17, 15) is 4.79 Å². The molecule has 2 atom stereocenters. The quantitative estimate of drug-likeness (QED) is 0.872. The Morgan fingerprint density at radius 1 is 1.42 bits per heavy atom. The van der Waals surface area contributed by atoms with Crippen molar-refractivity contribution in [3.63, 3.8) is 0 Å². The Morgan fingerprint density at radius 3 is 2.74 bits per heavy atom. The molecular weight excluding hydrogens is 240 g/mol. The van der Waals surface area contributed by atoms with Gasteiger partial charge in [0.2, 0.25) is 0 Å². The van der Waals surface area contributed by atoms with Crippen molar-refractivity contribution in [2.45, 2.75) is 26.0 Å². The van der Waals surface area contributed by atoms with E-state index in [4.69, 9.17) is 10.5 Å². The molecule has 2 rings (SSSR count). The van der Waals surface area contributed by atoms with Crippen molar-refractivity contribution in [2.75, 3.05) is 19.7 Å². The molecule has 0 aliphatic carbocycles. The first-order chi connectivity index (χ1) is 9.22. The van der Waals surface area contributed by atoms with Gasteiger partial charge in [0.15, 0.2) is 0 Å². The van der Waals surface area contributed by atoms with Crippen LogP contribution in [0, 0.1) is 5.92 Å². The number of rotatable bonds is 5. The summed E-state index contributed by atoms with van der Waals surface area (Å²) in [5.74, 6) is 0.364. The third-order valence-electron chi connectivity index (χ3n) is 3.56. The molecule has 1 aromatic rings. The van der Waals surface area contributed by atoms with Crippen molar-refractivity contribution < 1.29 is 9.53 Å². The Balaban J connectivity index is 2.04. The van der Waals surface area contributed by atoms with Gasteiger partial charge in [0, 0.05) is 26.2 Å². The summed E-state index contributed by atoms with van der Waals surface area (Å²) in [7, 11) is 0. The monoisotopic (exact) mass is 262 g/mol. The zero-order valence-corrected chi connectivity index (χ0v) is 11.4. The van der Waals surface area contributed by atoms with Crippen LogP contribution in [0.1, 0.15) is 18.9 Å². The van der Waals surface area contributed by atoms with Crippen molar-refractivity contribution >= 4 is 5.91 Å². The third-order valence-corrected chi connectivity index (χ3v) is 3.56. The minimum Gasteiger partial charge on any atom is -0.368 e. The summed E-state index contributed by atoms with van der Waals surface area (Å²) in [6, 6.07) is 9.98. The lowest BCUT2D eigenvalue weighted by Gasteiger charge is -2.26. The molecule has 1 fully saturated rings. The van der Waals surface area contributed by atoms with Gasteiger partial charge in [0.1, 0.15) is 6.10 Å². The number of hydrogen-bond donors (Lipinski definition) is 1. The second-order valence-electron chi connectivity index (χ2n) is 5.09. The molecular formula is C15H22N2O2. The fourth-order valence-corrected chi connectivity index (χ4v) is 2.42. The first-order valence-electron chi connectivity index (χ1n) is 6.86. The molecule has 104 valence electrons. The van der Waals surface area contributed by atoms with Crippen molar-refractivity contribution in [2.24, 2.45) is 11.7 Å². The van der Waals surface area contributed by atoms with E-state index in [1.54, 1.807) is 0 Å². The standard InChI is InChI=1S/C15H22N2O2/c1-12-7-10-19-14(12)15(18)17(9-8-16)11-13-5-3-2-4-6-13/h2-6,12,14H,7-11,16H2,1H3. The molecule has 0 radical (unpaired) electrons. The zero-order chi connectivity index (χ0) is 13.7. The lowest BCUT2D eigenvalue weighted by Crippen LogP contribution is -2.43. The van der Waals surface area contributed by atoms with E-state index in [-0.39, 0.29) is 12.0 Å². The molecule has 0 spiro atoms. The molecule has 1 aliphatic rings. The van der Waals surface area contributed by atoms with Gasteiger partial charge in [-0.25, -0.2) is 0 Å². The average Bonchev–Trinajstić information content (AvgIpc) is 2.85. The minimum absolute atomic E-state index is 0.0688. The number of ether oxygens (including phenoxy) is 1. The van der Waals surface area contributed by atoms with Gasteiger partial charge in [-0.15, -0.1) is 0 Å². The predicted molar refractivity (Wildman–Crippen MR) is 74.4 cm³/mol. The maximum atomic E-state index is 12.5. The molecule has 2 N–H and O–H groups in total. The van der Waals surface area contributed by atoms with Crippen LogP contribution in [0.25, 0.3) is 0 Å². The van der Waals surface area contributed by atoms with Crippen LogP contribution in [0.3, 0.4) is 0 Å². The SMILES string of the molecule is CC1CCOC1C(=O)N(CCN)Cc1ccccc1. The van der Waals surface area contributed by atoms with Gasteiger partial charge in [-0.3, -0.25) is 4.79 Å². The van der Waals surface area contributed by atoms with Crippen LogP contribution >= 0.6 is 0 Å². The Morgan fingerprint density at radius 2 is 2.16 bits per heavy atom. The van der Waals surface area contributed by atoms with Crippen LogP contribution in [-0.4, -0.2) is 36.6 Å². The van der Waals surface area contributed by atoms with Crippen LogP contribution in [0.2, 0.25) is 0 Å². The number of nitrogens with zero attached hydrogens (tertiary/aromatic N) is 1. The number of hydrogen-bond acceptors (Lipinski definition) is 3. The highest BCUT2D eigenvalue weighted by atomic mass is 16.5. The third kappa shape index (κ3) is 3.55. The molecule has 1 saturated heterocycles. The van der Waals surface area contributed by atoms with Gasteiger partial charge in [0.05, 0.1) is 0 Å². The summed E-state index contributed by atoms with van der Waals surface area (Å²) in [5.41, 5.74) is 6.74. The molecule has 1 aromatic carbocycles. The zero-order valence-electron chi connectivity index (χ0n) is 11.4. The number of nitrogens with two attached hydrogens (primary N) is 1. The molecule has 0 saturated carbocycles. The molecule has 1 amide bonds. The summed E-state index contributed by atoms with van der Waals surface area (Å²) in [6.07, 6.45) is 0.661. The molecule has 19 heavy (non-hydrogen) atoms. The highest BCUT2D eigenvalue weighted by Crippen LogP contribution is 2.22. The normalized spacial score (nSPS) is 22.4. The van der Waals surface area contributed by atoms with Crippen LogP contribution in [-0.2, 0) is 16.1 Å². The van der Waals surface area contributed by atoms with E-state index in [0.29, 0.717) is 32.2 Å². The number of carbonyl (C=O) groups is 1. The Labute approximate surface area is 114 Å². The second-order valence-corrected chi connectivity index (χ2v) is 5.09. The molecule has 0 aromatic heterocycles. The Hall–Kier alpha value is -1.39. The molecule has 1 aliphatic heterocycles. The van der Waals surface area contributed by atoms with Crippen LogP contribution in [0.5, 0.6) is 0 Å². The van der Waals surface area contributed by atoms with Crippen molar-refractivity contribution in [1.29, 1.82) is 0 Å². The smallest absolute Gasteiger partial charge is 0.252 e. The first-order valence-corrected chi connectivity index (χ1v) is 6.86. The summed E-state index contributed by atoms with van der Waals surface area (Å²) in [6.45, 7) is 4.39. The lowest BCUT2D eigenvalue weighted by molar-refractivity contribution is -0.143. The summed E-state index contributed by atoms with van der Waals surface area (Å²) < 4.78 is 5.56. The fraction of sp³-hybridized carbons (Fsp3) is 0.533. The molecule has 4 heteroatoms. The van der Waals surface area contributed by atoms with E-state index in [1.165, 1.54) is 0 Å². The molecule has 4 nitrogen and oxygen atoms in total. The van der Waals surface area contributed by atoms with Gasteiger partial charge in [0.25, 0.3) is 5.91 Å². The van der Waals surface area contributed by atoms with E-state index < -0.39 is 0 Å². The van der Waals surface area contributed by atoms with Gasteiger partial charge < -0.3 is 15.4 Å². The fourth-order valence-electron chi connectivity index (χ4n) is 2.42. The van der Waals surface area contributed by atoms with E-state index in [2.05, 4.69) is 6.92 Å². The topological polar surface area (TPSA) is 55.6 Å². The molecule has 2 unspecified atom stereocenters. The van der Waals surface area contributed by atoms with Gasteiger partial charge in [-0.1, -0.05) is 37.3 Å². The van der Waals surface area contributed by atoms with Crippen LogP contribution < -0.4 is 5.73 Å². The minimum atomic E-state index is -0.296. The highest BCUT2D eigenvalue weighted by Gasteiger charge is 2.33. The highest BCUT2D eigenvalue weighted by molar-refractivity contribution is 5.81. The van der Waals surface area contributed by atoms with E-state index in [0.717, 1.165) is 12.0 Å². The van der Waals surface area contributed by atoms with E-state index in [1.807, 2.05) is 35.2 Å². The van der Waals surface area contributed by atoms with Gasteiger partial charge >= 0.3 is 0 Å². The molecule has 0 bridgehead atoms. The Kier molecular flexibility index (Phi) is 4.93. The van der Waals surface area contributed by atoms with Gasteiger partial charge in [-0.05, 0) is 17.9 Å². The number of carbonyl (C=O) groups excluding carboxylic acids is 1. The lowest BCUT2D eigenvalue weighted by atomic mass is 10.0. The van der Waals surface area contributed by atoms with Gasteiger partial charge in [-0.2, -0.15) is 0 Å².